The molecule has 1 aromatic heterocycles. The fourth-order valence-electron chi connectivity index (χ4n) is 2.94. The predicted octanol–water partition coefficient (Wildman–Crippen LogP) is 0.971. The maximum absolute atomic E-state index is 12.3. The third kappa shape index (κ3) is 5.03. The van der Waals surface area contributed by atoms with Crippen molar-refractivity contribution in [2.45, 2.75) is 12.8 Å². The van der Waals surface area contributed by atoms with Gasteiger partial charge in [-0.25, -0.2) is 0 Å². The zero-order valence-electron chi connectivity index (χ0n) is 14.7. The van der Waals surface area contributed by atoms with Gasteiger partial charge in [0.15, 0.2) is 0 Å². The molecule has 1 fully saturated rings. The smallest absolute Gasteiger partial charge is 0.223 e. The number of carbonyl (C=O) groups is 1. The minimum Gasteiger partial charge on any atom is -0.492 e. The van der Waals surface area contributed by atoms with Gasteiger partial charge in [0.2, 0.25) is 5.91 Å². The minimum absolute atomic E-state index is 0.197. The van der Waals surface area contributed by atoms with Crippen LogP contribution < -0.4 is 4.74 Å². The molecule has 3 rings (SSSR count). The Labute approximate surface area is 148 Å². The average Bonchev–Trinajstić information content (AvgIpc) is 3.06. The second-order valence-corrected chi connectivity index (χ2v) is 6.24. The van der Waals surface area contributed by atoms with Gasteiger partial charge in [-0.05, 0) is 12.1 Å². The van der Waals surface area contributed by atoms with Gasteiger partial charge in [0.1, 0.15) is 24.5 Å². The second kappa shape index (κ2) is 8.62. The van der Waals surface area contributed by atoms with Crippen molar-refractivity contribution in [2.24, 2.45) is 7.05 Å². The molecular formula is C18H25N5O2. The Kier molecular flexibility index (Phi) is 6.00. The summed E-state index contributed by atoms with van der Waals surface area (Å²) in [7, 11) is 1.90. The number of para-hydroxylation sites is 1. The fraction of sp³-hybridized carbons (Fsp3) is 0.500. The van der Waals surface area contributed by atoms with Gasteiger partial charge in [0.05, 0.1) is 0 Å². The van der Waals surface area contributed by atoms with Crippen molar-refractivity contribution in [2.75, 3.05) is 39.3 Å². The van der Waals surface area contributed by atoms with Crippen molar-refractivity contribution in [3.05, 3.63) is 42.5 Å². The molecule has 0 N–H and O–H groups in total. The van der Waals surface area contributed by atoms with E-state index in [0.29, 0.717) is 19.4 Å². The number of amides is 1. The first-order valence-electron chi connectivity index (χ1n) is 8.73. The average molecular weight is 343 g/mol. The molecule has 7 nitrogen and oxygen atoms in total. The van der Waals surface area contributed by atoms with E-state index in [2.05, 4.69) is 15.1 Å². The quantitative estimate of drug-likeness (QED) is 0.750. The number of benzene rings is 1. The zero-order chi connectivity index (χ0) is 17.5. The van der Waals surface area contributed by atoms with Crippen LogP contribution >= 0.6 is 0 Å². The standard InChI is InChI=1S/C18H25N5O2/c1-21-15-19-20-17(21)7-8-18(24)23-11-9-22(10-12-23)13-14-25-16-5-3-2-4-6-16/h2-6,15H,7-14H2,1H3. The SMILES string of the molecule is Cn1cnnc1CCC(=O)N1CCN(CCOc2ccccc2)CC1. The van der Waals surface area contributed by atoms with E-state index in [4.69, 9.17) is 4.74 Å². The third-order valence-corrected chi connectivity index (χ3v) is 4.51. The first kappa shape index (κ1) is 17.4. The van der Waals surface area contributed by atoms with E-state index in [1.165, 1.54) is 0 Å². The normalized spacial score (nSPS) is 15.3. The maximum atomic E-state index is 12.3. The fourth-order valence-corrected chi connectivity index (χ4v) is 2.94. The number of piperazine rings is 1. The summed E-state index contributed by atoms with van der Waals surface area (Å²) in [6.45, 7) is 4.91. The van der Waals surface area contributed by atoms with Crippen LogP contribution in [0.3, 0.4) is 0 Å². The molecule has 0 atom stereocenters. The second-order valence-electron chi connectivity index (χ2n) is 6.24. The number of hydrogen-bond acceptors (Lipinski definition) is 5. The summed E-state index contributed by atoms with van der Waals surface area (Å²) in [6, 6.07) is 9.86. The van der Waals surface area contributed by atoms with E-state index in [0.717, 1.165) is 44.3 Å². The van der Waals surface area contributed by atoms with Crippen LogP contribution in [0.15, 0.2) is 36.7 Å². The van der Waals surface area contributed by atoms with E-state index < -0.39 is 0 Å². The van der Waals surface area contributed by atoms with Crippen molar-refractivity contribution >= 4 is 5.91 Å². The van der Waals surface area contributed by atoms with Crippen molar-refractivity contribution in [3.63, 3.8) is 0 Å². The highest BCUT2D eigenvalue weighted by molar-refractivity contribution is 5.76. The molecule has 1 amide bonds. The molecule has 0 saturated carbocycles. The van der Waals surface area contributed by atoms with Gasteiger partial charge < -0.3 is 14.2 Å². The van der Waals surface area contributed by atoms with Crippen LogP contribution in [0.2, 0.25) is 0 Å². The molecule has 2 aromatic rings. The molecule has 1 aliphatic heterocycles. The monoisotopic (exact) mass is 343 g/mol. The van der Waals surface area contributed by atoms with Crippen molar-refractivity contribution in [1.82, 2.24) is 24.6 Å². The van der Waals surface area contributed by atoms with Crippen LogP contribution in [0.1, 0.15) is 12.2 Å². The highest BCUT2D eigenvalue weighted by Gasteiger charge is 2.21. The van der Waals surface area contributed by atoms with E-state index in [-0.39, 0.29) is 5.91 Å². The lowest BCUT2D eigenvalue weighted by Gasteiger charge is -2.34. The van der Waals surface area contributed by atoms with Crippen molar-refractivity contribution in [3.8, 4) is 5.75 Å². The van der Waals surface area contributed by atoms with Crippen LogP contribution in [-0.4, -0.2) is 69.8 Å². The Bertz CT molecular complexity index is 665. The number of ether oxygens (including phenoxy) is 1. The first-order chi connectivity index (χ1) is 12.2. The Hall–Kier alpha value is -2.41. The van der Waals surface area contributed by atoms with Gasteiger partial charge in [-0.15, -0.1) is 10.2 Å². The van der Waals surface area contributed by atoms with E-state index >= 15 is 0 Å². The molecule has 1 saturated heterocycles. The molecule has 0 spiro atoms. The van der Waals surface area contributed by atoms with Crippen LogP contribution in [0.4, 0.5) is 0 Å². The molecule has 7 heteroatoms. The molecule has 2 heterocycles. The van der Waals surface area contributed by atoms with E-state index in [1.54, 1.807) is 6.33 Å². The molecule has 1 aromatic carbocycles. The minimum atomic E-state index is 0.197. The maximum Gasteiger partial charge on any atom is 0.223 e. The van der Waals surface area contributed by atoms with Gasteiger partial charge in [-0.1, -0.05) is 18.2 Å². The lowest BCUT2D eigenvalue weighted by atomic mass is 10.2. The number of aryl methyl sites for hydroxylation is 2. The summed E-state index contributed by atoms with van der Waals surface area (Å²) < 4.78 is 7.60. The number of carbonyl (C=O) groups excluding carboxylic acids is 1. The van der Waals surface area contributed by atoms with E-state index in [1.807, 2.05) is 46.8 Å². The van der Waals surface area contributed by atoms with Crippen molar-refractivity contribution < 1.29 is 9.53 Å². The number of rotatable bonds is 7. The highest BCUT2D eigenvalue weighted by atomic mass is 16.5. The van der Waals surface area contributed by atoms with Crippen molar-refractivity contribution in [1.29, 1.82) is 0 Å². The highest BCUT2D eigenvalue weighted by Crippen LogP contribution is 2.09. The zero-order valence-corrected chi connectivity index (χ0v) is 14.7. The molecule has 1 aliphatic rings. The van der Waals surface area contributed by atoms with Crippen LogP contribution in [-0.2, 0) is 18.3 Å². The summed E-state index contributed by atoms with van der Waals surface area (Å²) >= 11 is 0. The van der Waals surface area contributed by atoms with Crippen LogP contribution in [0.25, 0.3) is 0 Å². The van der Waals surface area contributed by atoms with Crippen LogP contribution in [0.5, 0.6) is 5.75 Å². The Morgan fingerprint density at radius 1 is 1.16 bits per heavy atom. The molecule has 0 radical (unpaired) electrons. The molecule has 0 bridgehead atoms. The lowest BCUT2D eigenvalue weighted by molar-refractivity contribution is -0.133. The number of nitrogens with zero attached hydrogens (tertiary/aromatic N) is 5. The van der Waals surface area contributed by atoms with Gasteiger partial charge >= 0.3 is 0 Å². The summed E-state index contributed by atoms with van der Waals surface area (Å²) in [4.78, 5) is 16.6. The summed E-state index contributed by atoms with van der Waals surface area (Å²) in [5.74, 6) is 1.95. The topological polar surface area (TPSA) is 63.5 Å². The molecular weight excluding hydrogens is 318 g/mol. The summed E-state index contributed by atoms with van der Waals surface area (Å²) in [5.41, 5.74) is 0. The third-order valence-electron chi connectivity index (χ3n) is 4.51. The van der Waals surface area contributed by atoms with Gasteiger partial charge in [-0.2, -0.15) is 0 Å². The first-order valence-corrected chi connectivity index (χ1v) is 8.73. The molecule has 25 heavy (non-hydrogen) atoms. The summed E-state index contributed by atoms with van der Waals surface area (Å²) in [5, 5.41) is 7.87. The lowest BCUT2D eigenvalue weighted by Crippen LogP contribution is -2.49. The van der Waals surface area contributed by atoms with Crippen LogP contribution in [0, 0.1) is 0 Å². The Morgan fingerprint density at radius 3 is 2.60 bits per heavy atom. The number of hydrogen-bond donors (Lipinski definition) is 0. The number of aromatic nitrogens is 3. The Morgan fingerprint density at radius 2 is 1.92 bits per heavy atom. The van der Waals surface area contributed by atoms with Gasteiger partial charge in [0.25, 0.3) is 0 Å². The largest absolute Gasteiger partial charge is 0.492 e. The Balaban J connectivity index is 1.34. The molecule has 0 unspecified atom stereocenters. The molecule has 0 aliphatic carbocycles. The summed E-state index contributed by atoms with van der Waals surface area (Å²) in [6.07, 6.45) is 2.79. The predicted molar refractivity (Wildman–Crippen MR) is 94.3 cm³/mol. The molecule has 134 valence electrons. The van der Waals surface area contributed by atoms with Gasteiger partial charge in [-0.3, -0.25) is 9.69 Å². The van der Waals surface area contributed by atoms with E-state index in [9.17, 15) is 4.79 Å². The van der Waals surface area contributed by atoms with Gasteiger partial charge in [0, 0.05) is 52.6 Å².